The maximum Gasteiger partial charge on any atom is 0.326 e. The Hall–Kier alpha value is -2.69. The Bertz CT molecular complexity index is 1060. The van der Waals surface area contributed by atoms with Gasteiger partial charge in [0.05, 0.1) is 15.4 Å². The first kappa shape index (κ1) is 21.0. The molecule has 1 saturated heterocycles. The van der Waals surface area contributed by atoms with E-state index in [0.717, 1.165) is 16.7 Å². The minimum absolute atomic E-state index is 0.149. The molecule has 1 aliphatic heterocycles. The van der Waals surface area contributed by atoms with Crippen LogP contribution in [0.3, 0.4) is 0 Å². The van der Waals surface area contributed by atoms with E-state index in [0.29, 0.717) is 0 Å². The lowest BCUT2D eigenvalue weighted by atomic mass is 10.1. The van der Waals surface area contributed by atoms with Gasteiger partial charge < -0.3 is 9.52 Å². The van der Waals surface area contributed by atoms with Gasteiger partial charge in [-0.05, 0) is 30.7 Å². The van der Waals surface area contributed by atoms with Crippen LogP contribution in [0.2, 0.25) is 5.02 Å². The van der Waals surface area contributed by atoms with Gasteiger partial charge in [-0.15, -0.1) is 0 Å². The first-order valence-corrected chi connectivity index (χ1v) is 9.87. The third-order valence-corrected chi connectivity index (χ3v) is 5.69. The van der Waals surface area contributed by atoms with Gasteiger partial charge in [-0.1, -0.05) is 42.5 Å². The van der Waals surface area contributed by atoms with Crippen molar-refractivity contribution in [1.82, 2.24) is 4.90 Å². The zero-order valence-corrected chi connectivity index (χ0v) is 17.2. The number of carboxylic acids is 1. The van der Waals surface area contributed by atoms with Crippen molar-refractivity contribution in [2.45, 2.75) is 19.4 Å². The molecule has 29 heavy (non-hydrogen) atoms. The second kappa shape index (κ2) is 8.36. The zero-order chi connectivity index (χ0) is 21.3. The number of nitrogens with zero attached hydrogens (tertiary/aromatic N) is 2. The fourth-order valence-electron chi connectivity index (χ4n) is 2.78. The van der Waals surface area contributed by atoms with Gasteiger partial charge in [0.1, 0.15) is 21.9 Å². The minimum atomic E-state index is -1.14. The molecule has 1 unspecified atom stereocenters. The van der Waals surface area contributed by atoms with E-state index in [1.54, 1.807) is 13.0 Å². The smallest absolute Gasteiger partial charge is 0.326 e. The van der Waals surface area contributed by atoms with Crippen molar-refractivity contribution in [2.24, 2.45) is 0 Å². The molecule has 1 aliphatic rings. The Morgan fingerprint density at radius 3 is 2.79 bits per heavy atom. The van der Waals surface area contributed by atoms with Crippen LogP contribution in [0.25, 0.3) is 17.4 Å². The molecule has 2 aromatic rings. The Morgan fingerprint density at radius 1 is 1.45 bits per heavy atom. The number of carboxylic acid groups (broad SMARTS) is 1. The molecule has 1 fully saturated rings. The highest BCUT2D eigenvalue weighted by molar-refractivity contribution is 8.26. The van der Waals surface area contributed by atoms with E-state index >= 15 is 0 Å². The fraction of sp³-hybridized carbons (Fsp3) is 0.167. The van der Waals surface area contributed by atoms with E-state index < -0.39 is 22.8 Å². The number of thioether (sulfide) groups is 1. The molecule has 150 valence electrons. The molecule has 0 radical (unpaired) electrons. The van der Waals surface area contributed by atoms with Crippen LogP contribution >= 0.6 is 35.6 Å². The number of halogens is 1. The van der Waals surface area contributed by atoms with Crippen molar-refractivity contribution in [2.75, 3.05) is 0 Å². The molecule has 1 N–H and O–H groups in total. The zero-order valence-electron chi connectivity index (χ0n) is 14.8. The number of amides is 1. The first-order chi connectivity index (χ1) is 13.7. The summed E-state index contributed by atoms with van der Waals surface area (Å²) in [6.07, 6.45) is 1.64. The van der Waals surface area contributed by atoms with Crippen LogP contribution in [0.1, 0.15) is 19.1 Å². The Morgan fingerprint density at radius 2 is 2.17 bits per heavy atom. The summed E-state index contributed by atoms with van der Waals surface area (Å²) < 4.78 is 5.80. The average Bonchev–Trinajstić information content (AvgIpc) is 3.22. The highest BCUT2D eigenvalue weighted by atomic mass is 35.5. The number of aliphatic carboxylic acids is 1. The molecule has 0 spiro atoms. The van der Waals surface area contributed by atoms with E-state index in [1.807, 2.05) is 0 Å². The van der Waals surface area contributed by atoms with Crippen molar-refractivity contribution in [3.05, 3.63) is 56.1 Å². The summed E-state index contributed by atoms with van der Waals surface area (Å²) in [5, 5.41) is 20.8. The van der Waals surface area contributed by atoms with Gasteiger partial charge in [0, 0.05) is 17.2 Å². The number of carbonyl (C=O) groups excluding carboxylic acids is 1. The summed E-state index contributed by atoms with van der Waals surface area (Å²) in [5.41, 5.74) is 0.0282. The molecule has 11 heteroatoms. The Labute approximate surface area is 179 Å². The van der Waals surface area contributed by atoms with E-state index in [2.05, 4.69) is 0 Å². The molecule has 1 aromatic heterocycles. The molecule has 1 amide bonds. The third kappa shape index (κ3) is 4.19. The van der Waals surface area contributed by atoms with Gasteiger partial charge in [-0.25, -0.2) is 4.79 Å². The number of rotatable bonds is 6. The van der Waals surface area contributed by atoms with Gasteiger partial charge >= 0.3 is 5.97 Å². The van der Waals surface area contributed by atoms with Crippen molar-refractivity contribution >= 4 is 63.5 Å². The summed E-state index contributed by atoms with van der Waals surface area (Å²) in [6, 6.07) is 6.25. The van der Waals surface area contributed by atoms with Crippen molar-refractivity contribution in [3.63, 3.8) is 0 Å². The first-order valence-electron chi connectivity index (χ1n) is 8.27. The van der Waals surface area contributed by atoms with Gasteiger partial charge in [0.25, 0.3) is 11.6 Å². The van der Waals surface area contributed by atoms with E-state index in [4.69, 9.17) is 28.2 Å². The lowest BCUT2D eigenvalue weighted by Crippen LogP contribution is -2.43. The fourth-order valence-corrected chi connectivity index (χ4v) is 4.29. The van der Waals surface area contributed by atoms with E-state index in [9.17, 15) is 24.8 Å². The number of thiocarbonyl (C=S) groups is 1. The lowest BCUT2D eigenvalue weighted by molar-refractivity contribution is -0.384. The Balaban J connectivity index is 1.92. The van der Waals surface area contributed by atoms with Crippen LogP contribution < -0.4 is 0 Å². The lowest BCUT2D eigenvalue weighted by Gasteiger charge is -2.21. The third-order valence-electron chi connectivity index (χ3n) is 4.13. The number of hydrogen-bond acceptors (Lipinski definition) is 7. The molecule has 0 aliphatic carbocycles. The number of nitro groups is 1. The topological polar surface area (TPSA) is 114 Å². The van der Waals surface area contributed by atoms with E-state index in [-0.39, 0.29) is 43.4 Å². The number of carbonyl (C=O) groups is 2. The molecule has 1 atom stereocenters. The predicted molar refractivity (Wildman–Crippen MR) is 113 cm³/mol. The summed E-state index contributed by atoms with van der Waals surface area (Å²) in [6.45, 7) is 1.65. The number of furan rings is 1. The summed E-state index contributed by atoms with van der Waals surface area (Å²) in [4.78, 5) is 36.0. The predicted octanol–water partition coefficient (Wildman–Crippen LogP) is 4.57. The molecular formula is C18H13ClN2O6S2. The van der Waals surface area contributed by atoms with Crippen LogP contribution in [0.4, 0.5) is 5.69 Å². The van der Waals surface area contributed by atoms with Crippen molar-refractivity contribution < 1.29 is 24.0 Å². The van der Waals surface area contributed by atoms with Crippen LogP contribution in [0.15, 0.2) is 39.7 Å². The molecule has 0 bridgehead atoms. The molecule has 0 saturated carbocycles. The molecular weight excluding hydrogens is 440 g/mol. The van der Waals surface area contributed by atoms with Crippen LogP contribution in [-0.4, -0.2) is 37.2 Å². The second-order valence-corrected chi connectivity index (χ2v) is 8.05. The normalized spacial score (nSPS) is 16.5. The van der Waals surface area contributed by atoms with Crippen LogP contribution in [0.5, 0.6) is 0 Å². The second-order valence-electron chi connectivity index (χ2n) is 5.93. The Kier molecular flexibility index (Phi) is 6.06. The SMILES string of the molecule is CCC(C(=O)O)N1C(=O)/C(=C/c2ccc(-c3ccc(Cl)cc3[N+](=O)[O-])o2)SC1=S. The van der Waals surface area contributed by atoms with Crippen molar-refractivity contribution in [1.29, 1.82) is 0 Å². The van der Waals surface area contributed by atoms with Gasteiger partial charge in [-0.3, -0.25) is 19.8 Å². The summed E-state index contributed by atoms with van der Waals surface area (Å²) in [7, 11) is 0. The molecule has 1 aromatic carbocycles. The average molecular weight is 453 g/mol. The highest BCUT2D eigenvalue weighted by Gasteiger charge is 2.39. The van der Waals surface area contributed by atoms with Crippen LogP contribution in [0, 0.1) is 10.1 Å². The number of hydrogen-bond donors (Lipinski definition) is 1. The van der Waals surface area contributed by atoms with Gasteiger partial charge in [0.15, 0.2) is 0 Å². The van der Waals surface area contributed by atoms with Gasteiger partial charge in [-0.2, -0.15) is 0 Å². The molecule has 2 heterocycles. The molecule has 8 nitrogen and oxygen atoms in total. The van der Waals surface area contributed by atoms with Crippen molar-refractivity contribution in [3.8, 4) is 11.3 Å². The number of nitro benzene ring substituents is 1. The van der Waals surface area contributed by atoms with Crippen LogP contribution in [-0.2, 0) is 9.59 Å². The van der Waals surface area contributed by atoms with E-state index in [1.165, 1.54) is 30.3 Å². The monoisotopic (exact) mass is 452 g/mol. The summed E-state index contributed by atoms with van der Waals surface area (Å²) >= 11 is 12.0. The quantitative estimate of drug-likeness (QED) is 0.293. The summed E-state index contributed by atoms with van der Waals surface area (Å²) in [5.74, 6) is -1.16. The standard InChI is InChI=1S/C18H13ClN2O6S2/c1-2-12(17(23)24)20-16(22)15(29-18(20)28)8-10-4-6-14(27-10)11-5-3-9(19)7-13(11)21(25)26/h3-8,12H,2H2,1H3,(H,23,24)/b15-8-. The number of benzene rings is 1. The molecule has 3 rings (SSSR count). The minimum Gasteiger partial charge on any atom is -0.480 e. The highest BCUT2D eigenvalue weighted by Crippen LogP contribution is 2.37. The largest absolute Gasteiger partial charge is 0.480 e. The maximum atomic E-state index is 12.6. The van der Waals surface area contributed by atoms with Gasteiger partial charge in [0.2, 0.25) is 0 Å². The maximum absolute atomic E-state index is 12.6.